The second kappa shape index (κ2) is 7.24. The lowest BCUT2D eigenvalue weighted by Gasteiger charge is -2.17. The summed E-state index contributed by atoms with van der Waals surface area (Å²) in [6, 6.07) is 7.26. The Morgan fingerprint density at radius 3 is 2.85 bits per heavy atom. The maximum atomic E-state index is 12.7. The summed E-state index contributed by atoms with van der Waals surface area (Å²) in [5, 5.41) is 13.8. The third kappa shape index (κ3) is 4.45. The quantitative estimate of drug-likeness (QED) is 0.646. The van der Waals surface area contributed by atoms with Gasteiger partial charge in [-0.2, -0.15) is 13.2 Å². The number of benzene rings is 1. The van der Waals surface area contributed by atoms with Crippen LogP contribution in [0.4, 0.5) is 24.7 Å². The van der Waals surface area contributed by atoms with E-state index in [1.54, 1.807) is 6.07 Å². The summed E-state index contributed by atoms with van der Waals surface area (Å²) in [5.41, 5.74) is -0.125. The standard InChI is InChI=1S/C16H16F3N5O2/c17-16(18,19)14-7-15(21-10-20-14)22-12-4-5-23(9-12)8-11-2-1-3-13(6-11)24(25)26/h1-3,6-7,10,12H,4-5,8-9H2,(H,20,21,22). The van der Waals surface area contributed by atoms with E-state index in [0.29, 0.717) is 13.1 Å². The first-order valence-electron chi connectivity index (χ1n) is 7.93. The van der Waals surface area contributed by atoms with Crippen molar-refractivity contribution in [3.63, 3.8) is 0 Å². The molecule has 2 aromatic rings. The van der Waals surface area contributed by atoms with Crippen molar-refractivity contribution >= 4 is 11.5 Å². The Hall–Kier alpha value is -2.75. The third-order valence-corrected chi connectivity index (χ3v) is 4.11. The fourth-order valence-corrected chi connectivity index (χ4v) is 2.92. The first kappa shape index (κ1) is 18.1. The van der Waals surface area contributed by atoms with Gasteiger partial charge < -0.3 is 5.32 Å². The number of nitro benzene ring substituents is 1. The molecule has 0 radical (unpaired) electrons. The molecule has 1 atom stereocenters. The number of nitro groups is 1. The monoisotopic (exact) mass is 367 g/mol. The number of anilines is 1. The SMILES string of the molecule is O=[N+]([O-])c1cccc(CN2CCC(Nc3cc(C(F)(F)F)ncn3)C2)c1. The molecule has 26 heavy (non-hydrogen) atoms. The van der Waals surface area contributed by atoms with Gasteiger partial charge in [0.15, 0.2) is 0 Å². The van der Waals surface area contributed by atoms with Crippen LogP contribution in [0.15, 0.2) is 36.7 Å². The van der Waals surface area contributed by atoms with Crippen molar-refractivity contribution in [3.8, 4) is 0 Å². The van der Waals surface area contributed by atoms with Gasteiger partial charge >= 0.3 is 6.18 Å². The van der Waals surface area contributed by atoms with Gasteiger partial charge in [0.05, 0.1) is 4.92 Å². The van der Waals surface area contributed by atoms with E-state index in [1.807, 2.05) is 6.07 Å². The largest absolute Gasteiger partial charge is 0.433 e. The molecule has 1 aromatic carbocycles. The summed E-state index contributed by atoms with van der Waals surface area (Å²) in [6.07, 6.45) is -2.88. The molecule has 0 bridgehead atoms. The smallest absolute Gasteiger partial charge is 0.366 e. The van der Waals surface area contributed by atoms with E-state index in [0.717, 1.165) is 30.9 Å². The van der Waals surface area contributed by atoms with E-state index >= 15 is 0 Å². The summed E-state index contributed by atoms with van der Waals surface area (Å²) in [5.74, 6) is 0.134. The molecule has 10 heteroatoms. The molecule has 1 N–H and O–H groups in total. The Morgan fingerprint density at radius 1 is 1.31 bits per heavy atom. The van der Waals surface area contributed by atoms with Crippen molar-refractivity contribution in [1.82, 2.24) is 14.9 Å². The second-order valence-electron chi connectivity index (χ2n) is 6.08. The minimum Gasteiger partial charge on any atom is -0.366 e. The minimum atomic E-state index is -4.51. The summed E-state index contributed by atoms with van der Waals surface area (Å²) in [6.45, 7) is 1.88. The minimum absolute atomic E-state index is 0.0389. The number of aromatic nitrogens is 2. The van der Waals surface area contributed by atoms with E-state index in [9.17, 15) is 23.3 Å². The predicted octanol–water partition coefficient (Wildman–Crippen LogP) is 3.09. The van der Waals surface area contributed by atoms with Crippen LogP contribution in [-0.2, 0) is 12.7 Å². The summed E-state index contributed by atoms with van der Waals surface area (Å²) in [4.78, 5) is 19.6. The van der Waals surface area contributed by atoms with Gasteiger partial charge in [0.2, 0.25) is 0 Å². The first-order chi connectivity index (χ1) is 12.3. The average Bonchev–Trinajstić information content (AvgIpc) is 3.01. The average molecular weight is 367 g/mol. The number of hydrogen-bond donors (Lipinski definition) is 1. The lowest BCUT2D eigenvalue weighted by molar-refractivity contribution is -0.384. The van der Waals surface area contributed by atoms with Gasteiger partial charge in [-0.3, -0.25) is 15.0 Å². The molecule has 1 saturated heterocycles. The lowest BCUT2D eigenvalue weighted by Crippen LogP contribution is -2.26. The van der Waals surface area contributed by atoms with Gasteiger partial charge in [-0.15, -0.1) is 0 Å². The van der Waals surface area contributed by atoms with Crippen molar-refractivity contribution in [3.05, 3.63) is 58.0 Å². The van der Waals surface area contributed by atoms with Crippen LogP contribution in [0.5, 0.6) is 0 Å². The van der Waals surface area contributed by atoms with E-state index in [2.05, 4.69) is 20.2 Å². The van der Waals surface area contributed by atoms with Crippen LogP contribution in [0, 0.1) is 10.1 Å². The summed E-state index contributed by atoms with van der Waals surface area (Å²) in [7, 11) is 0. The Morgan fingerprint density at radius 2 is 2.12 bits per heavy atom. The van der Waals surface area contributed by atoms with E-state index < -0.39 is 16.8 Å². The lowest BCUT2D eigenvalue weighted by atomic mass is 10.2. The van der Waals surface area contributed by atoms with Crippen LogP contribution >= 0.6 is 0 Å². The van der Waals surface area contributed by atoms with Crippen molar-refractivity contribution < 1.29 is 18.1 Å². The molecule has 1 aromatic heterocycles. The number of hydrogen-bond acceptors (Lipinski definition) is 6. The molecule has 7 nitrogen and oxygen atoms in total. The number of likely N-dealkylation sites (tertiary alicyclic amines) is 1. The molecule has 3 rings (SSSR count). The van der Waals surface area contributed by atoms with Crippen molar-refractivity contribution in [2.45, 2.75) is 25.2 Å². The fourth-order valence-electron chi connectivity index (χ4n) is 2.92. The Bertz CT molecular complexity index is 799. The normalized spacial score (nSPS) is 18.0. The molecule has 0 aliphatic carbocycles. The van der Waals surface area contributed by atoms with Crippen LogP contribution in [0.1, 0.15) is 17.7 Å². The molecule has 1 aliphatic rings. The van der Waals surface area contributed by atoms with E-state index in [1.165, 1.54) is 12.1 Å². The molecule has 0 spiro atoms. The van der Waals surface area contributed by atoms with Crippen LogP contribution in [0.2, 0.25) is 0 Å². The van der Waals surface area contributed by atoms with Gasteiger partial charge in [-0.1, -0.05) is 12.1 Å². The van der Waals surface area contributed by atoms with Crippen molar-refractivity contribution in [2.75, 3.05) is 18.4 Å². The molecule has 0 amide bonds. The number of rotatable bonds is 5. The number of nitrogens with one attached hydrogen (secondary N) is 1. The number of alkyl halides is 3. The molecular weight excluding hydrogens is 351 g/mol. The number of halogens is 3. The van der Waals surface area contributed by atoms with Gasteiger partial charge in [-0.25, -0.2) is 9.97 Å². The van der Waals surface area contributed by atoms with E-state index in [4.69, 9.17) is 0 Å². The molecule has 1 unspecified atom stereocenters. The second-order valence-corrected chi connectivity index (χ2v) is 6.08. The highest BCUT2D eigenvalue weighted by atomic mass is 19.4. The number of nitrogens with zero attached hydrogens (tertiary/aromatic N) is 4. The third-order valence-electron chi connectivity index (χ3n) is 4.11. The van der Waals surface area contributed by atoms with Crippen molar-refractivity contribution in [1.29, 1.82) is 0 Å². The molecule has 1 aliphatic heterocycles. The zero-order chi connectivity index (χ0) is 18.7. The van der Waals surface area contributed by atoms with Gasteiger partial charge in [0.25, 0.3) is 5.69 Å². The first-order valence-corrected chi connectivity index (χ1v) is 7.93. The molecule has 138 valence electrons. The molecule has 0 saturated carbocycles. The van der Waals surface area contributed by atoms with Gasteiger partial charge in [0, 0.05) is 43.9 Å². The maximum absolute atomic E-state index is 12.7. The predicted molar refractivity (Wildman–Crippen MR) is 87.4 cm³/mol. The highest BCUT2D eigenvalue weighted by molar-refractivity contribution is 5.37. The van der Waals surface area contributed by atoms with Crippen LogP contribution in [0.25, 0.3) is 0 Å². The van der Waals surface area contributed by atoms with Gasteiger partial charge in [-0.05, 0) is 12.0 Å². The summed E-state index contributed by atoms with van der Waals surface area (Å²) >= 11 is 0. The van der Waals surface area contributed by atoms with Crippen LogP contribution in [-0.4, -0.2) is 38.9 Å². The molecule has 1 fully saturated rings. The van der Waals surface area contributed by atoms with Crippen molar-refractivity contribution in [2.24, 2.45) is 0 Å². The van der Waals surface area contributed by atoms with E-state index in [-0.39, 0.29) is 17.5 Å². The zero-order valence-electron chi connectivity index (χ0n) is 13.6. The molecular formula is C16H16F3N5O2. The highest BCUT2D eigenvalue weighted by Gasteiger charge is 2.33. The Kier molecular flexibility index (Phi) is 5.03. The maximum Gasteiger partial charge on any atom is 0.433 e. The summed E-state index contributed by atoms with van der Waals surface area (Å²) < 4.78 is 38.1. The van der Waals surface area contributed by atoms with Crippen LogP contribution in [0.3, 0.4) is 0 Å². The highest BCUT2D eigenvalue weighted by Crippen LogP contribution is 2.28. The Labute approximate surface area is 147 Å². The van der Waals surface area contributed by atoms with Gasteiger partial charge in [0.1, 0.15) is 17.8 Å². The number of non-ortho nitro benzene ring substituents is 1. The molecule has 2 heterocycles. The fraction of sp³-hybridized carbons (Fsp3) is 0.375. The topological polar surface area (TPSA) is 84.2 Å². The van der Waals surface area contributed by atoms with Crippen LogP contribution < -0.4 is 5.32 Å². The Balaban J connectivity index is 1.59. The zero-order valence-corrected chi connectivity index (χ0v) is 13.6.